The first-order chi connectivity index (χ1) is 10.6. The number of aryl methyl sites for hydroxylation is 3. The molecule has 0 atom stereocenters. The third-order valence-corrected chi connectivity index (χ3v) is 3.93. The molecule has 0 aliphatic heterocycles. The Morgan fingerprint density at radius 3 is 2.68 bits per heavy atom. The van der Waals surface area contributed by atoms with Crippen molar-refractivity contribution >= 4 is 23.5 Å². The Labute approximate surface area is 134 Å². The molecule has 2 rings (SSSR count). The van der Waals surface area contributed by atoms with E-state index < -0.39 is 0 Å². The highest BCUT2D eigenvalue weighted by Gasteiger charge is 2.07. The summed E-state index contributed by atoms with van der Waals surface area (Å²) in [6, 6.07) is 7.76. The number of rotatable bonds is 7. The smallest absolute Gasteiger partial charge is 0.235 e. The number of para-hydroxylation sites is 1. The summed E-state index contributed by atoms with van der Waals surface area (Å²) in [7, 11) is 0. The van der Waals surface area contributed by atoms with E-state index >= 15 is 0 Å². The van der Waals surface area contributed by atoms with Crippen molar-refractivity contribution in [3.8, 4) is 5.75 Å². The van der Waals surface area contributed by atoms with E-state index in [0.29, 0.717) is 23.9 Å². The zero-order valence-corrected chi connectivity index (χ0v) is 13.8. The van der Waals surface area contributed by atoms with Crippen LogP contribution in [-0.2, 0) is 4.79 Å². The highest BCUT2D eigenvalue weighted by Crippen LogP contribution is 2.22. The van der Waals surface area contributed by atoms with Crippen LogP contribution >= 0.6 is 11.8 Å². The third-order valence-electron chi connectivity index (χ3n) is 3.01. The molecule has 0 bridgehead atoms. The number of ether oxygens (including phenoxy) is 1. The largest absolute Gasteiger partial charge is 0.492 e. The van der Waals surface area contributed by atoms with E-state index in [1.807, 2.05) is 32.0 Å². The predicted octanol–water partition coefficient (Wildman–Crippen LogP) is 3.35. The SMILES string of the molecule is Cc1cc(NC(=O)CSCCOc2c(C)cccc2C)no1. The van der Waals surface area contributed by atoms with E-state index in [1.54, 1.807) is 13.0 Å². The summed E-state index contributed by atoms with van der Waals surface area (Å²) in [6.07, 6.45) is 0. The van der Waals surface area contributed by atoms with Gasteiger partial charge in [0.2, 0.25) is 5.91 Å². The number of hydrogen-bond acceptors (Lipinski definition) is 5. The van der Waals surface area contributed by atoms with Gasteiger partial charge in [-0.2, -0.15) is 0 Å². The number of nitrogens with zero attached hydrogens (tertiary/aromatic N) is 1. The van der Waals surface area contributed by atoms with E-state index in [-0.39, 0.29) is 5.91 Å². The summed E-state index contributed by atoms with van der Waals surface area (Å²) in [6.45, 7) is 6.42. The normalized spacial score (nSPS) is 10.5. The van der Waals surface area contributed by atoms with Crippen molar-refractivity contribution < 1.29 is 14.1 Å². The molecule has 0 saturated heterocycles. The molecular formula is C16H20N2O3S. The van der Waals surface area contributed by atoms with Gasteiger partial charge in [0, 0.05) is 11.8 Å². The first-order valence-corrected chi connectivity index (χ1v) is 8.21. The molecule has 6 heteroatoms. The minimum atomic E-state index is -0.0922. The molecule has 0 aliphatic rings. The lowest BCUT2D eigenvalue weighted by Gasteiger charge is -2.11. The number of nitrogens with one attached hydrogen (secondary N) is 1. The van der Waals surface area contributed by atoms with Crippen molar-refractivity contribution in [2.45, 2.75) is 20.8 Å². The number of thioether (sulfide) groups is 1. The maximum absolute atomic E-state index is 11.7. The zero-order chi connectivity index (χ0) is 15.9. The monoisotopic (exact) mass is 320 g/mol. The quantitative estimate of drug-likeness (QED) is 0.793. The van der Waals surface area contributed by atoms with Crippen molar-refractivity contribution in [2.24, 2.45) is 0 Å². The summed E-state index contributed by atoms with van der Waals surface area (Å²) in [5.41, 5.74) is 2.26. The Morgan fingerprint density at radius 1 is 1.32 bits per heavy atom. The van der Waals surface area contributed by atoms with Crippen molar-refractivity contribution in [3.63, 3.8) is 0 Å². The molecule has 22 heavy (non-hydrogen) atoms. The summed E-state index contributed by atoms with van der Waals surface area (Å²) in [4.78, 5) is 11.7. The fraction of sp³-hybridized carbons (Fsp3) is 0.375. The van der Waals surface area contributed by atoms with Crippen molar-refractivity contribution in [2.75, 3.05) is 23.4 Å². The second kappa shape index (κ2) is 7.89. The highest BCUT2D eigenvalue weighted by atomic mass is 32.2. The molecule has 0 aliphatic carbocycles. The molecular weight excluding hydrogens is 300 g/mol. The van der Waals surface area contributed by atoms with Gasteiger partial charge >= 0.3 is 0 Å². The first-order valence-electron chi connectivity index (χ1n) is 7.06. The number of aromatic nitrogens is 1. The predicted molar refractivity (Wildman–Crippen MR) is 88.6 cm³/mol. The molecule has 0 fully saturated rings. The molecule has 1 aromatic heterocycles. The van der Waals surface area contributed by atoms with Crippen LogP contribution in [0.2, 0.25) is 0 Å². The average molecular weight is 320 g/mol. The zero-order valence-electron chi connectivity index (χ0n) is 13.0. The fourth-order valence-corrected chi connectivity index (χ4v) is 2.60. The lowest BCUT2D eigenvalue weighted by atomic mass is 10.1. The van der Waals surface area contributed by atoms with Gasteiger partial charge in [-0.3, -0.25) is 4.79 Å². The van der Waals surface area contributed by atoms with Crippen LogP contribution in [0.1, 0.15) is 16.9 Å². The molecule has 0 saturated carbocycles. The number of carbonyl (C=O) groups excluding carboxylic acids is 1. The van der Waals surface area contributed by atoms with Gasteiger partial charge in [-0.1, -0.05) is 23.4 Å². The van der Waals surface area contributed by atoms with Gasteiger partial charge < -0.3 is 14.6 Å². The van der Waals surface area contributed by atoms with Crippen LogP contribution in [0, 0.1) is 20.8 Å². The summed E-state index contributed by atoms with van der Waals surface area (Å²) < 4.78 is 10.7. The number of hydrogen-bond donors (Lipinski definition) is 1. The number of amides is 1. The molecule has 1 heterocycles. The van der Waals surface area contributed by atoms with Gasteiger partial charge in [0.15, 0.2) is 5.82 Å². The molecule has 0 unspecified atom stereocenters. The van der Waals surface area contributed by atoms with Crippen molar-refractivity contribution in [1.82, 2.24) is 5.16 Å². The lowest BCUT2D eigenvalue weighted by Crippen LogP contribution is -2.15. The summed E-state index contributed by atoms with van der Waals surface area (Å²) >= 11 is 1.52. The van der Waals surface area contributed by atoms with E-state index in [4.69, 9.17) is 9.26 Å². The van der Waals surface area contributed by atoms with Crippen molar-refractivity contribution in [3.05, 3.63) is 41.2 Å². The van der Waals surface area contributed by atoms with Crippen LogP contribution in [0.4, 0.5) is 5.82 Å². The van der Waals surface area contributed by atoms with E-state index in [2.05, 4.69) is 10.5 Å². The second-order valence-corrected chi connectivity index (χ2v) is 6.10. The molecule has 1 N–H and O–H groups in total. The van der Waals surface area contributed by atoms with E-state index in [1.165, 1.54) is 11.8 Å². The van der Waals surface area contributed by atoms with Crippen LogP contribution in [0.25, 0.3) is 0 Å². The molecule has 1 aromatic carbocycles. The van der Waals surface area contributed by atoms with Gasteiger partial charge in [0.05, 0.1) is 12.4 Å². The Balaban J connectivity index is 1.66. The minimum Gasteiger partial charge on any atom is -0.492 e. The topological polar surface area (TPSA) is 64.4 Å². The molecule has 118 valence electrons. The Hall–Kier alpha value is -1.95. The van der Waals surface area contributed by atoms with Crippen LogP contribution in [0.15, 0.2) is 28.8 Å². The van der Waals surface area contributed by atoms with Crippen LogP contribution in [-0.4, -0.2) is 29.2 Å². The van der Waals surface area contributed by atoms with E-state index in [0.717, 1.165) is 22.6 Å². The molecule has 5 nitrogen and oxygen atoms in total. The lowest BCUT2D eigenvalue weighted by molar-refractivity contribution is -0.113. The molecule has 2 aromatic rings. The Kier molecular flexibility index (Phi) is 5.89. The number of anilines is 1. The highest BCUT2D eigenvalue weighted by molar-refractivity contribution is 7.99. The summed E-state index contributed by atoms with van der Waals surface area (Å²) in [5.74, 6) is 3.08. The minimum absolute atomic E-state index is 0.0922. The first kappa shape index (κ1) is 16.4. The standard InChI is InChI=1S/C16H20N2O3S/c1-11-5-4-6-12(2)16(11)20-7-8-22-10-15(19)17-14-9-13(3)21-18-14/h4-6,9H,7-8,10H2,1-3H3,(H,17,18,19). The maximum atomic E-state index is 11.7. The van der Waals surface area contributed by atoms with Gasteiger partial charge in [-0.05, 0) is 31.9 Å². The summed E-state index contributed by atoms with van der Waals surface area (Å²) in [5, 5.41) is 6.40. The Bertz CT molecular complexity index is 620. The average Bonchev–Trinajstić information content (AvgIpc) is 2.86. The molecule has 1 amide bonds. The van der Waals surface area contributed by atoms with Crippen LogP contribution < -0.4 is 10.1 Å². The van der Waals surface area contributed by atoms with Gasteiger partial charge in [-0.25, -0.2) is 0 Å². The molecule has 0 radical (unpaired) electrons. The second-order valence-electron chi connectivity index (χ2n) is 4.99. The van der Waals surface area contributed by atoms with Gasteiger partial charge in [0.25, 0.3) is 0 Å². The van der Waals surface area contributed by atoms with Gasteiger partial charge in [-0.15, -0.1) is 11.8 Å². The van der Waals surface area contributed by atoms with Gasteiger partial charge in [0.1, 0.15) is 11.5 Å². The fourth-order valence-electron chi connectivity index (χ4n) is 2.00. The number of carbonyl (C=O) groups is 1. The van der Waals surface area contributed by atoms with E-state index in [9.17, 15) is 4.79 Å². The third kappa shape index (κ3) is 4.80. The van der Waals surface area contributed by atoms with Crippen molar-refractivity contribution in [1.29, 1.82) is 0 Å². The maximum Gasteiger partial charge on any atom is 0.235 e. The Morgan fingerprint density at radius 2 is 2.05 bits per heavy atom. The number of benzene rings is 1. The molecule has 0 spiro atoms. The van der Waals surface area contributed by atoms with Crippen LogP contribution in [0.5, 0.6) is 5.75 Å². The van der Waals surface area contributed by atoms with Crippen LogP contribution in [0.3, 0.4) is 0 Å².